The zero-order valence-electron chi connectivity index (χ0n) is 18.6. The molecule has 0 aliphatic heterocycles. The lowest BCUT2D eigenvalue weighted by molar-refractivity contribution is -0.120. The van der Waals surface area contributed by atoms with Crippen LogP contribution < -0.4 is 20.2 Å². The summed E-state index contributed by atoms with van der Waals surface area (Å²) < 4.78 is 11.0. The molecule has 0 unspecified atom stereocenters. The van der Waals surface area contributed by atoms with Gasteiger partial charge in [-0.05, 0) is 67.1 Å². The predicted molar refractivity (Wildman–Crippen MR) is 134 cm³/mol. The van der Waals surface area contributed by atoms with Gasteiger partial charge in [0.1, 0.15) is 0 Å². The van der Waals surface area contributed by atoms with Gasteiger partial charge >= 0.3 is 5.97 Å². The van der Waals surface area contributed by atoms with E-state index in [1.54, 1.807) is 73.7 Å². The maximum Gasteiger partial charge on any atom is 0.343 e. The summed E-state index contributed by atoms with van der Waals surface area (Å²) >= 11 is 11.8. The van der Waals surface area contributed by atoms with Gasteiger partial charge in [-0.2, -0.15) is 5.10 Å². The summed E-state index contributed by atoms with van der Waals surface area (Å²) in [6.45, 7) is 1.85. The van der Waals surface area contributed by atoms with Crippen molar-refractivity contribution in [2.24, 2.45) is 5.10 Å². The molecule has 3 aromatic carbocycles. The van der Waals surface area contributed by atoms with Gasteiger partial charge in [-0.25, -0.2) is 10.2 Å². The van der Waals surface area contributed by atoms with Gasteiger partial charge < -0.3 is 14.8 Å². The van der Waals surface area contributed by atoms with Crippen molar-refractivity contribution in [2.45, 2.75) is 6.92 Å². The highest BCUT2D eigenvalue weighted by Crippen LogP contribution is 2.29. The van der Waals surface area contributed by atoms with E-state index in [-0.39, 0.29) is 22.9 Å². The Kier molecular flexibility index (Phi) is 9.23. The molecule has 3 rings (SSSR count). The Morgan fingerprint density at radius 3 is 2.43 bits per heavy atom. The van der Waals surface area contributed by atoms with Crippen LogP contribution in [-0.4, -0.2) is 37.1 Å². The van der Waals surface area contributed by atoms with Crippen LogP contribution in [0.1, 0.15) is 33.2 Å². The molecule has 0 heterocycles. The van der Waals surface area contributed by atoms with Crippen molar-refractivity contribution in [3.8, 4) is 11.5 Å². The molecule has 3 aromatic rings. The Morgan fingerprint density at radius 2 is 1.71 bits per heavy atom. The molecule has 0 atom stereocenters. The van der Waals surface area contributed by atoms with Gasteiger partial charge in [0.15, 0.2) is 11.5 Å². The van der Waals surface area contributed by atoms with Gasteiger partial charge in [0.25, 0.3) is 11.8 Å². The molecule has 2 N–H and O–H groups in total. The Labute approximate surface area is 211 Å². The molecule has 35 heavy (non-hydrogen) atoms. The number of benzene rings is 3. The first-order valence-electron chi connectivity index (χ1n) is 10.5. The SMILES string of the molecule is CCOc1cc(/C=N/NC(=O)CNC(=O)c2ccccc2Cl)ccc1OC(=O)c1ccc(Cl)cc1. The van der Waals surface area contributed by atoms with E-state index < -0.39 is 17.8 Å². The predicted octanol–water partition coefficient (Wildman–Crippen LogP) is 4.49. The number of carbonyl (C=O) groups excluding carboxylic acids is 3. The van der Waals surface area contributed by atoms with Crippen LogP contribution in [-0.2, 0) is 4.79 Å². The topological polar surface area (TPSA) is 106 Å². The van der Waals surface area contributed by atoms with E-state index in [9.17, 15) is 14.4 Å². The molecule has 0 aliphatic carbocycles. The van der Waals surface area contributed by atoms with Gasteiger partial charge in [-0.3, -0.25) is 9.59 Å². The van der Waals surface area contributed by atoms with Crippen molar-refractivity contribution in [1.29, 1.82) is 0 Å². The summed E-state index contributed by atoms with van der Waals surface area (Å²) in [5.41, 5.74) is 3.52. The summed E-state index contributed by atoms with van der Waals surface area (Å²) in [5.74, 6) is -0.998. The van der Waals surface area contributed by atoms with Crippen LogP contribution in [0.3, 0.4) is 0 Å². The fourth-order valence-electron chi connectivity index (χ4n) is 2.82. The summed E-state index contributed by atoms with van der Waals surface area (Å²) in [6, 6.07) is 17.6. The van der Waals surface area contributed by atoms with E-state index >= 15 is 0 Å². The van der Waals surface area contributed by atoms with Crippen molar-refractivity contribution in [3.63, 3.8) is 0 Å². The summed E-state index contributed by atoms with van der Waals surface area (Å²) in [4.78, 5) is 36.5. The van der Waals surface area contributed by atoms with Crippen molar-refractivity contribution < 1.29 is 23.9 Å². The van der Waals surface area contributed by atoms with E-state index in [0.717, 1.165) is 0 Å². The zero-order valence-corrected chi connectivity index (χ0v) is 20.1. The van der Waals surface area contributed by atoms with Crippen LogP contribution in [0.5, 0.6) is 11.5 Å². The first-order valence-corrected chi connectivity index (χ1v) is 11.2. The molecule has 0 fully saturated rings. The standard InChI is InChI=1S/C25H21Cl2N3O5/c1-2-34-22-13-16(7-12-21(22)35-25(33)17-8-10-18(26)11-9-17)14-29-30-23(31)15-28-24(32)19-5-3-4-6-20(19)27/h3-14H,2,15H2,1H3,(H,28,32)(H,30,31)/b29-14+. The van der Waals surface area contributed by atoms with Crippen LogP contribution >= 0.6 is 23.2 Å². The third-order valence-corrected chi connectivity index (χ3v) is 5.06. The van der Waals surface area contributed by atoms with Gasteiger partial charge in [0.2, 0.25) is 0 Å². The molecule has 0 radical (unpaired) electrons. The highest BCUT2D eigenvalue weighted by Gasteiger charge is 2.14. The first kappa shape index (κ1) is 25.7. The zero-order chi connectivity index (χ0) is 25.2. The molecular weight excluding hydrogens is 493 g/mol. The summed E-state index contributed by atoms with van der Waals surface area (Å²) in [6.07, 6.45) is 1.39. The van der Waals surface area contributed by atoms with Crippen molar-refractivity contribution in [1.82, 2.24) is 10.7 Å². The Balaban J connectivity index is 1.57. The highest BCUT2D eigenvalue weighted by molar-refractivity contribution is 6.33. The average Bonchev–Trinajstić information content (AvgIpc) is 2.85. The molecule has 0 spiro atoms. The number of nitrogens with zero attached hydrogens (tertiary/aromatic N) is 1. The van der Waals surface area contributed by atoms with Crippen LogP contribution in [0.25, 0.3) is 0 Å². The fourth-order valence-corrected chi connectivity index (χ4v) is 3.17. The second kappa shape index (κ2) is 12.5. The number of ether oxygens (including phenoxy) is 2. The smallest absolute Gasteiger partial charge is 0.343 e. The van der Waals surface area contributed by atoms with Gasteiger partial charge in [0.05, 0.1) is 35.5 Å². The minimum absolute atomic E-state index is 0.232. The van der Waals surface area contributed by atoms with E-state index in [1.165, 1.54) is 6.21 Å². The van der Waals surface area contributed by atoms with E-state index in [4.69, 9.17) is 32.7 Å². The van der Waals surface area contributed by atoms with Gasteiger partial charge in [-0.1, -0.05) is 35.3 Å². The molecule has 180 valence electrons. The van der Waals surface area contributed by atoms with Crippen LogP contribution in [0.15, 0.2) is 71.8 Å². The minimum atomic E-state index is -0.560. The first-order chi connectivity index (χ1) is 16.9. The number of hydrogen-bond donors (Lipinski definition) is 2. The molecule has 8 nitrogen and oxygen atoms in total. The second-order valence-electron chi connectivity index (χ2n) is 6.99. The maximum absolute atomic E-state index is 12.4. The normalized spacial score (nSPS) is 10.6. The molecule has 0 saturated heterocycles. The Morgan fingerprint density at radius 1 is 0.971 bits per heavy atom. The van der Waals surface area contributed by atoms with Gasteiger partial charge in [0, 0.05) is 5.02 Å². The molecular formula is C25H21Cl2N3O5. The second-order valence-corrected chi connectivity index (χ2v) is 7.83. The number of hydrogen-bond acceptors (Lipinski definition) is 6. The molecule has 10 heteroatoms. The third kappa shape index (κ3) is 7.56. The van der Waals surface area contributed by atoms with E-state index in [2.05, 4.69) is 15.8 Å². The minimum Gasteiger partial charge on any atom is -0.490 e. The quantitative estimate of drug-likeness (QED) is 0.190. The summed E-state index contributed by atoms with van der Waals surface area (Å²) in [5, 5.41) is 7.15. The Bertz CT molecular complexity index is 1250. The lowest BCUT2D eigenvalue weighted by Gasteiger charge is -2.11. The number of hydrazone groups is 1. The van der Waals surface area contributed by atoms with E-state index in [1.807, 2.05) is 0 Å². The lowest BCUT2D eigenvalue weighted by Crippen LogP contribution is -2.35. The molecule has 0 saturated carbocycles. The van der Waals surface area contributed by atoms with Crippen LogP contribution in [0.4, 0.5) is 0 Å². The third-order valence-electron chi connectivity index (χ3n) is 4.48. The van der Waals surface area contributed by atoms with Crippen LogP contribution in [0, 0.1) is 0 Å². The lowest BCUT2D eigenvalue weighted by atomic mass is 10.2. The maximum atomic E-state index is 12.4. The van der Waals surface area contributed by atoms with E-state index in [0.29, 0.717) is 28.5 Å². The van der Waals surface area contributed by atoms with Crippen molar-refractivity contribution in [2.75, 3.05) is 13.2 Å². The molecule has 2 amide bonds. The highest BCUT2D eigenvalue weighted by atomic mass is 35.5. The monoisotopic (exact) mass is 513 g/mol. The number of esters is 1. The van der Waals surface area contributed by atoms with Crippen LogP contribution in [0.2, 0.25) is 10.0 Å². The van der Waals surface area contributed by atoms with Crippen molar-refractivity contribution >= 4 is 47.2 Å². The number of carbonyl (C=O) groups is 3. The molecule has 0 bridgehead atoms. The average molecular weight is 514 g/mol. The number of halogens is 2. The fraction of sp³-hybridized carbons (Fsp3) is 0.120. The number of amides is 2. The molecule has 0 aromatic heterocycles. The number of nitrogens with one attached hydrogen (secondary N) is 2. The Hall–Kier alpha value is -3.88. The molecule has 0 aliphatic rings. The number of rotatable bonds is 9. The van der Waals surface area contributed by atoms with Crippen molar-refractivity contribution in [3.05, 3.63) is 93.5 Å². The largest absolute Gasteiger partial charge is 0.490 e. The van der Waals surface area contributed by atoms with Gasteiger partial charge in [-0.15, -0.1) is 0 Å². The summed E-state index contributed by atoms with van der Waals surface area (Å²) in [7, 11) is 0.